The van der Waals surface area contributed by atoms with Crippen molar-refractivity contribution in [1.29, 1.82) is 0 Å². The maximum atomic E-state index is 11.1. The van der Waals surface area contributed by atoms with E-state index in [0.29, 0.717) is 35.8 Å². The van der Waals surface area contributed by atoms with Crippen LogP contribution < -0.4 is 24.3 Å². The summed E-state index contributed by atoms with van der Waals surface area (Å²) in [5, 5.41) is 2.85. The fourth-order valence-electron chi connectivity index (χ4n) is 2.67. The van der Waals surface area contributed by atoms with E-state index in [9.17, 15) is 4.79 Å². The third-order valence-electron chi connectivity index (χ3n) is 3.97. The van der Waals surface area contributed by atoms with Gasteiger partial charge in [-0.1, -0.05) is 12.1 Å². The number of methoxy groups -OCH3 is 4. The van der Waals surface area contributed by atoms with Crippen LogP contribution in [0.1, 0.15) is 17.2 Å². The first-order valence-electron chi connectivity index (χ1n) is 7.79. The van der Waals surface area contributed by atoms with Gasteiger partial charge in [0.2, 0.25) is 6.41 Å². The zero-order chi connectivity index (χ0) is 18.2. The molecule has 2 aromatic carbocycles. The Balaban J connectivity index is 2.31. The summed E-state index contributed by atoms with van der Waals surface area (Å²) in [6.45, 7) is 0. The van der Waals surface area contributed by atoms with E-state index in [0.717, 1.165) is 11.1 Å². The smallest absolute Gasteiger partial charge is 0.207 e. The Morgan fingerprint density at radius 1 is 0.840 bits per heavy atom. The lowest BCUT2D eigenvalue weighted by atomic mass is 9.98. The molecule has 0 saturated carbocycles. The second-order valence-corrected chi connectivity index (χ2v) is 5.34. The van der Waals surface area contributed by atoms with E-state index in [1.165, 1.54) is 0 Å². The van der Waals surface area contributed by atoms with Crippen LogP contribution in [-0.4, -0.2) is 34.8 Å². The molecule has 0 bridgehead atoms. The van der Waals surface area contributed by atoms with Gasteiger partial charge in [0, 0.05) is 0 Å². The van der Waals surface area contributed by atoms with Crippen LogP contribution in [0.15, 0.2) is 36.4 Å². The molecule has 0 aromatic heterocycles. The normalized spacial score (nSPS) is 11.4. The Labute approximate surface area is 147 Å². The van der Waals surface area contributed by atoms with Crippen LogP contribution in [0.25, 0.3) is 0 Å². The molecule has 2 aromatic rings. The zero-order valence-corrected chi connectivity index (χ0v) is 14.9. The number of ether oxygens (including phenoxy) is 4. The highest BCUT2D eigenvalue weighted by Crippen LogP contribution is 2.33. The standard InChI is InChI=1S/C19H23NO5/c1-22-16-7-5-13(10-18(16)24-3)9-15(20-12-21)14-6-8-17(23-2)19(11-14)25-4/h5-8,10-12,15H,9H2,1-4H3,(H,20,21)/t15-/m0/s1. The SMILES string of the molecule is COc1ccc(C[C@H](NC=O)c2ccc(OC)c(OC)c2)cc1OC. The fraction of sp³-hybridized carbons (Fsp3) is 0.316. The summed E-state index contributed by atoms with van der Waals surface area (Å²) >= 11 is 0. The van der Waals surface area contributed by atoms with Crippen molar-refractivity contribution >= 4 is 6.41 Å². The van der Waals surface area contributed by atoms with E-state index in [1.54, 1.807) is 28.4 Å². The van der Waals surface area contributed by atoms with Gasteiger partial charge in [0.25, 0.3) is 0 Å². The molecule has 1 atom stereocenters. The molecule has 0 aliphatic carbocycles. The largest absolute Gasteiger partial charge is 0.493 e. The van der Waals surface area contributed by atoms with Crippen molar-refractivity contribution in [3.05, 3.63) is 47.5 Å². The van der Waals surface area contributed by atoms with Crippen LogP contribution in [0.4, 0.5) is 0 Å². The van der Waals surface area contributed by atoms with E-state index in [1.807, 2.05) is 36.4 Å². The average molecular weight is 345 g/mol. The molecule has 0 fully saturated rings. The van der Waals surface area contributed by atoms with Gasteiger partial charge in [-0.2, -0.15) is 0 Å². The van der Waals surface area contributed by atoms with Gasteiger partial charge in [-0.25, -0.2) is 0 Å². The third kappa shape index (κ3) is 4.35. The van der Waals surface area contributed by atoms with Crippen molar-refractivity contribution in [2.24, 2.45) is 0 Å². The molecule has 6 nitrogen and oxygen atoms in total. The van der Waals surface area contributed by atoms with E-state index in [4.69, 9.17) is 18.9 Å². The number of nitrogens with one attached hydrogen (secondary N) is 1. The molecule has 0 aliphatic heterocycles. The molecule has 0 radical (unpaired) electrons. The first-order valence-corrected chi connectivity index (χ1v) is 7.79. The van der Waals surface area contributed by atoms with E-state index in [-0.39, 0.29) is 6.04 Å². The lowest BCUT2D eigenvalue weighted by Gasteiger charge is -2.19. The number of amides is 1. The van der Waals surface area contributed by atoms with Gasteiger partial charge >= 0.3 is 0 Å². The minimum absolute atomic E-state index is 0.213. The molecule has 0 aliphatic rings. The Kier molecular flexibility index (Phi) is 6.51. The van der Waals surface area contributed by atoms with Gasteiger partial charge in [0.05, 0.1) is 34.5 Å². The minimum atomic E-state index is -0.213. The summed E-state index contributed by atoms with van der Waals surface area (Å²) in [5.74, 6) is 2.57. The fourth-order valence-corrected chi connectivity index (χ4v) is 2.67. The molecule has 134 valence electrons. The molecule has 0 unspecified atom stereocenters. The monoisotopic (exact) mass is 345 g/mol. The van der Waals surface area contributed by atoms with Crippen LogP contribution in [0.3, 0.4) is 0 Å². The van der Waals surface area contributed by atoms with Crippen molar-refractivity contribution < 1.29 is 23.7 Å². The summed E-state index contributed by atoms with van der Waals surface area (Å²) in [4.78, 5) is 11.1. The van der Waals surface area contributed by atoms with Gasteiger partial charge < -0.3 is 24.3 Å². The molecule has 1 amide bonds. The highest BCUT2D eigenvalue weighted by molar-refractivity contribution is 5.51. The number of carbonyl (C=O) groups is 1. The topological polar surface area (TPSA) is 66.0 Å². The van der Waals surface area contributed by atoms with Crippen molar-refractivity contribution in [3.8, 4) is 23.0 Å². The van der Waals surface area contributed by atoms with Crippen molar-refractivity contribution in [1.82, 2.24) is 5.32 Å². The zero-order valence-electron chi connectivity index (χ0n) is 14.9. The summed E-state index contributed by atoms with van der Waals surface area (Å²) in [6, 6.07) is 11.1. The number of hydrogen-bond acceptors (Lipinski definition) is 5. The predicted molar refractivity (Wildman–Crippen MR) is 94.7 cm³/mol. The average Bonchev–Trinajstić information content (AvgIpc) is 2.66. The van der Waals surface area contributed by atoms with Crippen molar-refractivity contribution in [2.75, 3.05) is 28.4 Å². The van der Waals surface area contributed by atoms with Crippen LogP contribution in [0.2, 0.25) is 0 Å². The second kappa shape index (κ2) is 8.82. The van der Waals surface area contributed by atoms with Gasteiger partial charge in [0.15, 0.2) is 23.0 Å². The molecule has 1 N–H and O–H groups in total. The first kappa shape index (κ1) is 18.4. The van der Waals surface area contributed by atoms with Crippen LogP contribution >= 0.6 is 0 Å². The highest BCUT2D eigenvalue weighted by Gasteiger charge is 2.16. The molecular weight excluding hydrogens is 322 g/mol. The summed E-state index contributed by atoms with van der Waals surface area (Å²) in [6.07, 6.45) is 1.29. The molecule has 6 heteroatoms. The Morgan fingerprint density at radius 2 is 1.40 bits per heavy atom. The molecule has 2 rings (SSSR count). The van der Waals surface area contributed by atoms with Crippen LogP contribution in [-0.2, 0) is 11.2 Å². The number of hydrogen-bond donors (Lipinski definition) is 1. The van der Waals surface area contributed by atoms with E-state index in [2.05, 4.69) is 5.32 Å². The molecule has 0 spiro atoms. The quantitative estimate of drug-likeness (QED) is 0.708. The Morgan fingerprint density at radius 3 is 1.96 bits per heavy atom. The van der Waals surface area contributed by atoms with Gasteiger partial charge in [-0.15, -0.1) is 0 Å². The highest BCUT2D eigenvalue weighted by atomic mass is 16.5. The van der Waals surface area contributed by atoms with Crippen molar-refractivity contribution in [2.45, 2.75) is 12.5 Å². The van der Waals surface area contributed by atoms with Crippen molar-refractivity contribution in [3.63, 3.8) is 0 Å². The predicted octanol–water partition coefficient (Wildman–Crippen LogP) is 2.75. The first-order chi connectivity index (χ1) is 12.2. The summed E-state index contributed by atoms with van der Waals surface area (Å²) < 4.78 is 21.2. The second-order valence-electron chi connectivity index (χ2n) is 5.34. The van der Waals surface area contributed by atoms with Gasteiger partial charge in [0.1, 0.15) is 0 Å². The Hall–Kier alpha value is -2.89. The maximum Gasteiger partial charge on any atom is 0.207 e. The maximum absolute atomic E-state index is 11.1. The van der Waals surface area contributed by atoms with Gasteiger partial charge in [-0.3, -0.25) is 4.79 Å². The number of benzene rings is 2. The molecule has 25 heavy (non-hydrogen) atoms. The van der Waals surface area contributed by atoms with Gasteiger partial charge in [-0.05, 0) is 41.8 Å². The Bertz CT molecular complexity index is 717. The van der Waals surface area contributed by atoms with Crippen LogP contribution in [0, 0.1) is 0 Å². The van der Waals surface area contributed by atoms with E-state index < -0.39 is 0 Å². The lowest BCUT2D eigenvalue weighted by Crippen LogP contribution is -2.21. The molecular formula is C19H23NO5. The molecule has 0 saturated heterocycles. The summed E-state index contributed by atoms with van der Waals surface area (Å²) in [5.41, 5.74) is 1.92. The molecule has 0 heterocycles. The van der Waals surface area contributed by atoms with Crippen LogP contribution in [0.5, 0.6) is 23.0 Å². The third-order valence-corrected chi connectivity index (χ3v) is 3.97. The van der Waals surface area contributed by atoms with E-state index >= 15 is 0 Å². The number of rotatable bonds is 9. The summed E-state index contributed by atoms with van der Waals surface area (Å²) in [7, 11) is 6.36. The number of carbonyl (C=O) groups excluding carboxylic acids is 1. The lowest BCUT2D eigenvalue weighted by molar-refractivity contribution is -0.110. The minimum Gasteiger partial charge on any atom is -0.493 e.